The van der Waals surface area contributed by atoms with Gasteiger partial charge in [0.25, 0.3) is 0 Å². The Kier molecular flexibility index (Phi) is 2.93. The van der Waals surface area contributed by atoms with Crippen LogP contribution in [0.3, 0.4) is 0 Å². The summed E-state index contributed by atoms with van der Waals surface area (Å²) in [4.78, 5) is 11.8. The lowest BCUT2D eigenvalue weighted by atomic mass is 9.40. The highest BCUT2D eigenvalue weighted by Crippen LogP contribution is 2.65. The van der Waals surface area contributed by atoms with Crippen molar-refractivity contribution < 1.29 is 4.79 Å². The Hall–Kier alpha value is -0.970. The van der Waals surface area contributed by atoms with Crippen molar-refractivity contribution in [1.82, 2.24) is 5.32 Å². The molecule has 4 nitrogen and oxygen atoms in total. The van der Waals surface area contributed by atoms with Gasteiger partial charge in [-0.25, -0.2) is 4.79 Å². The minimum Gasteiger partial charge on any atom is -0.337 e. The van der Waals surface area contributed by atoms with Crippen molar-refractivity contribution >= 4 is 34.9 Å². The Morgan fingerprint density at radius 1 is 1.26 bits per heavy atom. The molecular formula is C13H15Cl2N3O. The van der Waals surface area contributed by atoms with Crippen molar-refractivity contribution in [2.24, 2.45) is 11.1 Å². The van der Waals surface area contributed by atoms with Gasteiger partial charge in [0, 0.05) is 17.8 Å². The average molecular weight is 300 g/mol. The fourth-order valence-electron chi connectivity index (χ4n) is 3.29. The molecule has 0 atom stereocenters. The van der Waals surface area contributed by atoms with E-state index in [1.54, 1.807) is 18.2 Å². The van der Waals surface area contributed by atoms with Gasteiger partial charge in [0.05, 0.1) is 10.0 Å². The van der Waals surface area contributed by atoms with Crippen molar-refractivity contribution in [2.45, 2.75) is 24.8 Å². The van der Waals surface area contributed by atoms with Gasteiger partial charge in [-0.05, 0) is 42.9 Å². The van der Waals surface area contributed by atoms with Gasteiger partial charge in [-0.3, -0.25) is 0 Å². The highest BCUT2D eigenvalue weighted by Gasteiger charge is 2.65. The summed E-state index contributed by atoms with van der Waals surface area (Å²) in [6.45, 7) is 0.680. The molecule has 3 fully saturated rings. The Labute approximate surface area is 121 Å². The fraction of sp³-hybridized carbons (Fsp3) is 0.462. The average Bonchev–Trinajstić information content (AvgIpc) is 2.27. The van der Waals surface area contributed by atoms with E-state index in [-0.39, 0.29) is 17.0 Å². The molecule has 0 saturated heterocycles. The number of halogens is 2. The van der Waals surface area contributed by atoms with Crippen LogP contribution in [0.5, 0.6) is 0 Å². The molecule has 0 heterocycles. The van der Waals surface area contributed by atoms with Gasteiger partial charge in [-0.1, -0.05) is 23.2 Å². The maximum atomic E-state index is 11.8. The molecule has 0 aliphatic heterocycles. The fourth-order valence-corrected chi connectivity index (χ4v) is 3.59. The number of benzene rings is 1. The number of carbonyl (C=O) groups excluding carboxylic acids is 1. The predicted octanol–water partition coefficient (Wildman–Crippen LogP) is 3.00. The quantitative estimate of drug-likeness (QED) is 0.803. The molecule has 1 aromatic rings. The van der Waals surface area contributed by atoms with Gasteiger partial charge in [0.1, 0.15) is 0 Å². The number of nitrogens with two attached hydrogens (primary N) is 1. The van der Waals surface area contributed by atoms with Crippen LogP contribution in [-0.2, 0) is 0 Å². The Morgan fingerprint density at radius 3 is 2.53 bits per heavy atom. The summed E-state index contributed by atoms with van der Waals surface area (Å²) in [6.07, 6.45) is 3.06. The zero-order valence-electron chi connectivity index (χ0n) is 10.3. The van der Waals surface area contributed by atoms with E-state index in [4.69, 9.17) is 28.9 Å². The van der Waals surface area contributed by atoms with E-state index in [2.05, 4.69) is 10.6 Å². The number of nitrogens with one attached hydrogen (secondary N) is 2. The minimum atomic E-state index is -0.228. The summed E-state index contributed by atoms with van der Waals surface area (Å²) in [5.41, 5.74) is 6.93. The summed E-state index contributed by atoms with van der Waals surface area (Å²) in [7, 11) is 0. The van der Waals surface area contributed by atoms with Crippen LogP contribution in [0.2, 0.25) is 10.0 Å². The standard InChI is InChI=1S/C13H15Cl2N3O/c14-9-2-1-8(3-10(9)15)18-11(19)17-7-12-4-13(16,5-12)6-12/h1-3H,4-7,16H2,(H2,17,18,19). The Bertz CT molecular complexity index is 527. The highest BCUT2D eigenvalue weighted by atomic mass is 35.5. The van der Waals surface area contributed by atoms with E-state index in [9.17, 15) is 4.79 Å². The molecule has 0 spiro atoms. The number of rotatable bonds is 3. The summed E-state index contributed by atoms with van der Waals surface area (Å²) in [6, 6.07) is 4.76. The van der Waals surface area contributed by atoms with Gasteiger partial charge in [0.2, 0.25) is 0 Å². The number of anilines is 1. The summed E-state index contributed by atoms with van der Waals surface area (Å²) in [5.74, 6) is 0. The topological polar surface area (TPSA) is 67.1 Å². The summed E-state index contributed by atoms with van der Waals surface area (Å²) < 4.78 is 0. The second-order valence-corrected chi connectivity index (χ2v) is 6.64. The number of hydrogen-bond donors (Lipinski definition) is 3. The van der Waals surface area contributed by atoms with Gasteiger partial charge in [-0.15, -0.1) is 0 Å². The molecule has 3 saturated carbocycles. The molecule has 6 heteroatoms. The van der Waals surface area contributed by atoms with Gasteiger partial charge in [-0.2, -0.15) is 0 Å². The molecular weight excluding hydrogens is 285 g/mol. The van der Waals surface area contributed by atoms with E-state index in [1.807, 2.05) is 0 Å². The van der Waals surface area contributed by atoms with Gasteiger partial charge in [0.15, 0.2) is 0 Å². The van der Waals surface area contributed by atoms with Crippen LogP contribution in [0.15, 0.2) is 18.2 Å². The van der Waals surface area contributed by atoms with Crippen LogP contribution in [0.1, 0.15) is 19.3 Å². The molecule has 0 unspecified atom stereocenters. The first-order valence-corrected chi connectivity index (χ1v) is 6.94. The van der Waals surface area contributed by atoms with E-state index >= 15 is 0 Å². The highest BCUT2D eigenvalue weighted by molar-refractivity contribution is 6.42. The third-order valence-corrected chi connectivity index (χ3v) is 4.72. The van der Waals surface area contributed by atoms with Crippen molar-refractivity contribution in [3.05, 3.63) is 28.2 Å². The monoisotopic (exact) mass is 299 g/mol. The number of hydrogen-bond acceptors (Lipinski definition) is 2. The molecule has 0 radical (unpaired) electrons. The molecule has 4 N–H and O–H groups in total. The summed E-state index contributed by atoms with van der Waals surface area (Å²) in [5, 5.41) is 6.50. The lowest BCUT2D eigenvalue weighted by Crippen LogP contribution is -2.74. The van der Waals surface area contributed by atoms with Crippen LogP contribution in [0, 0.1) is 5.41 Å². The third-order valence-electron chi connectivity index (χ3n) is 3.98. The van der Waals surface area contributed by atoms with Crippen molar-refractivity contribution in [3.63, 3.8) is 0 Å². The molecule has 19 heavy (non-hydrogen) atoms. The molecule has 2 bridgehead atoms. The zero-order valence-corrected chi connectivity index (χ0v) is 11.8. The van der Waals surface area contributed by atoms with Crippen LogP contribution in [0.25, 0.3) is 0 Å². The van der Waals surface area contributed by atoms with E-state index < -0.39 is 0 Å². The Balaban J connectivity index is 1.50. The summed E-state index contributed by atoms with van der Waals surface area (Å²) >= 11 is 11.7. The number of urea groups is 1. The second-order valence-electron chi connectivity index (χ2n) is 5.83. The minimum absolute atomic E-state index is 0.0713. The van der Waals surface area contributed by atoms with Gasteiger partial charge >= 0.3 is 6.03 Å². The van der Waals surface area contributed by atoms with Crippen LogP contribution < -0.4 is 16.4 Å². The smallest absolute Gasteiger partial charge is 0.319 e. The zero-order chi connectivity index (χ0) is 13.7. The van der Waals surface area contributed by atoms with E-state index in [0.29, 0.717) is 22.3 Å². The molecule has 1 aromatic carbocycles. The molecule has 4 rings (SSSR count). The Morgan fingerprint density at radius 2 is 1.95 bits per heavy atom. The van der Waals surface area contributed by atoms with Crippen molar-refractivity contribution in [3.8, 4) is 0 Å². The SMILES string of the molecule is NC12CC(CNC(=O)Nc3ccc(Cl)c(Cl)c3)(C1)C2. The maximum absolute atomic E-state index is 11.8. The van der Waals surface area contributed by atoms with Crippen LogP contribution >= 0.6 is 23.2 Å². The predicted molar refractivity (Wildman–Crippen MR) is 76.7 cm³/mol. The number of carbonyl (C=O) groups is 1. The first-order valence-electron chi connectivity index (χ1n) is 6.19. The molecule has 0 aromatic heterocycles. The van der Waals surface area contributed by atoms with Crippen molar-refractivity contribution in [2.75, 3.05) is 11.9 Å². The lowest BCUT2D eigenvalue weighted by molar-refractivity contribution is -0.125. The largest absolute Gasteiger partial charge is 0.337 e. The number of amides is 2. The third kappa shape index (κ3) is 2.40. The van der Waals surface area contributed by atoms with E-state index in [0.717, 1.165) is 19.3 Å². The molecule has 3 aliphatic rings. The first-order chi connectivity index (χ1) is 8.90. The van der Waals surface area contributed by atoms with Crippen LogP contribution in [-0.4, -0.2) is 18.1 Å². The van der Waals surface area contributed by atoms with Gasteiger partial charge < -0.3 is 16.4 Å². The second kappa shape index (κ2) is 4.27. The lowest BCUT2D eigenvalue weighted by Gasteiger charge is -2.69. The normalized spacial score (nSPS) is 31.1. The van der Waals surface area contributed by atoms with Crippen LogP contribution in [0.4, 0.5) is 10.5 Å². The molecule has 102 valence electrons. The molecule has 2 amide bonds. The van der Waals surface area contributed by atoms with Crippen molar-refractivity contribution in [1.29, 1.82) is 0 Å². The van der Waals surface area contributed by atoms with E-state index in [1.165, 1.54) is 0 Å². The first kappa shape index (κ1) is 13.0. The molecule has 3 aliphatic carbocycles. The maximum Gasteiger partial charge on any atom is 0.319 e.